The van der Waals surface area contributed by atoms with Crippen LogP contribution in [0.2, 0.25) is 13.7 Å². The lowest BCUT2D eigenvalue weighted by Gasteiger charge is -2.06. The Labute approximate surface area is 128 Å². The summed E-state index contributed by atoms with van der Waals surface area (Å²) in [6, 6.07) is 8.61. The first-order chi connectivity index (χ1) is 9.04. The van der Waals surface area contributed by atoms with Crippen molar-refractivity contribution >= 4 is 57.1 Å². The van der Waals surface area contributed by atoms with E-state index in [2.05, 4.69) is 0 Å². The number of nitrogens with two attached hydrogens (primary N) is 1. The molecule has 0 amide bonds. The summed E-state index contributed by atoms with van der Waals surface area (Å²) in [5.41, 5.74) is 7.68. The van der Waals surface area contributed by atoms with Crippen LogP contribution in [0.4, 0.5) is 0 Å². The van der Waals surface area contributed by atoms with Crippen LogP contribution in [-0.2, 0) is 0 Å². The fourth-order valence-electron chi connectivity index (χ4n) is 1.91. The lowest BCUT2D eigenvalue weighted by atomic mass is 10.1. The van der Waals surface area contributed by atoms with E-state index in [9.17, 15) is 0 Å². The molecule has 0 bridgehead atoms. The minimum Gasteiger partial charge on any atom is -0.459 e. The molecule has 2 aromatic heterocycles. The Hall–Kier alpha value is -0.710. The number of thiophene rings is 1. The maximum absolute atomic E-state index is 6.17. The SMILES string of the molecule is NC(c1cc2cc(Cl)ccc2o1)c1cc(Cl)sc1Cl. The van der Waals surface area contributed by atoms with Crippen LogP contribution < -0.4 is 5.73 Å². The molecule has 0 radical (unpaired) electrons. The highest BCUT2D eigenvalue weighted by atomic mass is 35.5. The first kappa shape index (κ1) is 13.3. The van der Waals surface area contributed by atoms with Gasteiger partial charge < -0.3 is 10.2 Å². The maximum atomic E-state index is 6.17. The number of benzene rings is 1. The third kappa shape index (κ3) is 2.49. The quantitative estimate of drug-likeness (QED) is 0.672. The summed E-state index contributed by atoms with van der Waals surface area (Å²) in [7, 11) is 0. The normalized spacial score (nSPS) is 13.1. The highest BCUT2D eigenvalue weighted by molar-refractivity contribution is 7.20. The lowest BCUT2D eigenvalue weighted by Crippen LogP contribution is -2.10. The third-order valence-electron chi connectivity index (χ3n) is 2.82. The fourth-order valence-corrected chi connectivity index (χ4v) is 3.64. The zero-order chi connectivity index (χ0) is 13.6. The number of hydrogen-bond donors (Lipinski definition) is 1. The molecule has 19 heavy (non-hydrogen) atoms. The maximum Gasteiger partial charge on any atom is 0.134 e. The van der Waals surface area contributed by atoms with Crippen molar-refractivity contribution in [3.8, 4) is 0 Å². The Bertz CT molecular complexity index is 750. The first-order valence-corrected chi connectivity index (χ1v) is 7.39. The van der Waals surface area contributed by atoms with Gasteiger partial charge in [0, 0.05) is 16.0 Å². The van der Waals surface area contributed by atoms with Gasteiger partial charge in [-0.2, -0.15) is 0 Å². The van der Waals surface area contributed by atoms with Crippen molar-refractivity contribution in [2.24, 2.45) is 5.73 Å². The van der Waals surface area contributed by atoms with Crippen molar-refractivity contribution < 1.29 is 4.42 Å². The molecule has 0 fully saturated rings. The highest BCUT2D eigenvalue weighted by Gasteiger charge is 2.19. The molecule has 3 rings (SSSR count). The van der Waals surface area contributed by atoms with Crippen LogP contribution in [0.25, 0.3) is 11.0 Å². The van der Waals surface area contributed by atoms with E-state index in [1.807, 2.05) is 18.2 Å². The van der Waals surface area contributed by atoms with Gasteiger partial charge in [0.25, 0.3) is 0 Å². The number of furan rings is 1. The summed E-state index contributed by atoms with van der Waals surface area (Å²) < 4.78 is 6.91. The Balaban J connectivity index is 2.06. The lowest BCUT2D eigenvalue weighted by molar-refractivity contribution is 0.525. The monoisotopic (exact) mass is 331 g/mol. The van der Waals surface area contributed by atoms with E-state index >= 15 is 0 Å². The summed E-state index contributed by atoms with van der Waals surface area (Å²) in [4.78, 5) is 0. The summed E-state index contributed by atoms with van der Waals surface area (Å²) >= 11 is 19.3. The van der Waals surface area contributed by atoms with E-state index in [-0.39, 0.29) is 0 Å². The topological polar surface area (TPSA) is 39.2 Å². The van der Waals surface area contributed by atoms with Crippen LogP contribution >= 0.6 is 46.1 Å². The number of rotatable bonds is 2. The van der Waals surface area contributed by atoms with Crippen molar-refractivity contribution in [3.63, 3.8) is 0 Å². The molecular formula is C13H8Cl3NOS. The molecule has 0 aliphatic rings. The van der Waals surface area contributed by atoms with Crippen LogP contribution in [-0.4, -0.2) is 0 Å². The highest BCUT2D eigenvalue weighted by Crippen LogP contribution is 2.37. The molecule has 1 aromatic carbocycles. The van der Waals surface area contributed by atoms with Crippen molar-refractivity contribution in [2.45, 2.75) is 6.04 Å². The molecule has 0 saturated heterocycles. The van der Waals surface area contributed by atoms with Crippen LogP contribution in [0.15, 0.2) is 34.7 Å². The van der Waals surface area contributed by atoms with Crippen molar-refractivity contribution in [3.05, 3.63) is 55.4 Å². The zero-order valence-electron chi connectivity index (χ0n) is 9.49. The third-order valence-corrected chi connectivity index (χ3v) is 4.58. The van der Waals surface area contributed by atoms with E-state index in [1.165, 1.54) is 11.3 Å². The van der Waals surface area contributed by atoms with Crippen LogP contribution in [0.1, 0.15) is 17.4 Å². The molecule has 0 aliphatic heterocycles. The van der Waals surface area contributed by atoms with Crippen molar-refractivity contribution in [2.75, 3.05) is 0 Å². The molecule has 1 atom stereocenters. The standard InChI is InChI=1S/C13H8Cl3NOS/c14-7-1-2-9-6(3-7)4-10(18-9)12(17)8-5-11(15)19-13(8)16/h1-5,12H,17H2. The molecule has 3 aromatic rings. The minimum absolute atomic E-state index is 0.442. The Morgan fingerprint density at radius 1 is 1.11 bits per heavy atom. The van der Waals surface area contributed by atoms with Crippen LogP contribution in [0.5, 0.6) is 0 Å². The molecule has 1 unspecified atom stereocenters. The van der Waals surface area contributed by atoms with E-state index in [0.717, 1.165) is 16.5 Å². The average molecular weight is 333 g/mol. The van der Waals surface area contributed by atoms with Gasteiger partial charge in [-0.15, -0.1) is 11.3 Å². The Kier molecular flexibility index (Phi) is 3.50. The van der Waals surface area contributed by atoms with Gasteiger partial charge in [0.05, 0.1) is 14.7 Å². The van der Waals surface area contributed by atoms with Crippen molar-refractivity contribution in [1.29, 1.82) is 0 Å². The van der Waals surface area contributed by atoms with Gasteiger partial charge in [0.15, 0.2) is 0 Å². The molecule has 98 valence electrons. The molecule has 0 spiro atoms. The molecule has 2 heterocycles. The molecule has 0 aliphatic carbocycles. The second-order valence-electron chi connectivity index (χ2n) is 4.09. The second-order valence-corrected chi connectivity index (χ2v) is 6.81. The molecule has 2 nitrogen and oxygen atoms in total. The van der Waals surface area contributed by atoms with E-state index in [0.29, 0.717) is 19.5 Å². The summed E-state index contributed by atoms with van der Waals surface area (Å²) in [6.45, 7) is 0. The van der Waals surface area contributed by atoms with Gasteiger partial charge >= 0.3 is 0 Å². The largest absolute Gasteiger partial charge is 0.459 e. The van der Waals surface area contributed by atoms with Gasteiger partial charge in [0.2, 0.25) is 0 Å². The Morgan fingerprint density at radius 3 is 2.58 bits per heavy atom. The predicted octanol–water partition coefficient (Wildman–Crippen LogP) is 5.50. The summed E-state index contributed by atoms with van der Waals surface area (Å²) in [5.74, 6) is 0.633. The van der Waals surface area contributed by atoms with Crippen LogP contribution in [0, 0.1) is 0 Å². The number of fused-ring (bicyclic) bond motifs is 1. The van der Waals surface area contributed by atoms with Crippen molar-refractivity contribution in [1.82, 2.24) is 0 Å². The molecular weight excluding hydrogens is 325 g/mol. The average Bonchev–Trinajstić information content (AvgIpc) is 2.91. The van der Waals surface area contributed by atoms with Gasteiger partial charge in [0.1, 0.15) is 11.3 Å². The smallest absolute Gasteiger partial charge is 0.134 e. The first-order valence-electron chi connectivity index (χ1n) is 5.44. The van der Waals surface area contributed by atoms with Crippen LogP contribution in [0.3, 0.4) is 0 Å². The predicted molar refractivity (Wildman–Crippen MR) is 81.6 cm³/mol. The van der Waals surface area contributed by atoms with E-state index < -0.39 is 6.04 Å². The zero-order valence-corrected chi connectivity index (χ0v) is 12.6. The Morgan fingerprint density at radius 2 is 1.89 bits per heavy atom. The van der Waals surface area contributed by atoms with Gasteiger partial charge in [-0.1, -0.05) is 34.8 Å². The second kappa shape index (κ2) is 5.00. The molecule has 2 N–H and O–H groups in total. The summed E-state index contributed by atoms with van der Waals surface area (Å²) in [5, 5.41) is 1.57. The van der Waals surface area contributed by atoms with Gasteiger partial charge in [-0.25, -0.2) is 0 Å². The summed E-state index contributed by atoms with van der Waals surface area (Å²) in [6.07, 6.45) is 0. The fraction of sp³-hybridized carbons (Fsp3) is 0.0769. The van der Waals surface area contributed by atoms with E-state index in [4.69, 9.17) is 45.0 Å². The molecule has 0 saturated carbocycles. The molecule has 6 heteroatoms. The van der Waals surface area contributed by atoms with E-state index in [1.54, 1.807) is 12.1 Å². The number of hydrogen-bond acceptors (Lipinski definition) is 3. The van der Waals surface area contributed by atoms with Gasteiger partial charge in [-0.05, 0) is 30.3 Å². The van der Waals surface area contributed by atoms with Gasteiger partial charge in [-0.3, -0.25) is 0 Å². The number of halogens is 3. The minimum atomic E-state index is -0.442.